The minimum Gasteiger partial charge on any atom is -0.355 e. The number of carbonyl (C=O) groups excluding carboxylic acids is 1. The van der Waals surface area contributed by atoms with Gasteiger partial charge in [0, 0.05) is 39.1 Å². The molecule has 1 amide bonds. The molecule has 1 saturated carbocycles. The van der Waals surface area contributed by atoms with Crippen molar-refractivity contribution in [2.45, 2.75) is 38.0 Å². The van der Waals surface area contributed by atoms with Crippen molar-refractivity contribution in [3.8, 4) is 0 Å². The summed E-state index contributed by atoms with van der Waals surface area (Å²) in [6.45, 7) is 6.57. The number of nitrogens with zero attached hydrogens (tertiary/aromatic N) is 4. The van der Waals surface area contributed by atoms with Crippen molar-refractivity contribution in [1.82, 2.24) is 20.1 Å². The van der Waals surface area contributed by atoms with Gasteiger partial charge in [0.25, 0.3) is 11.8 Å². The molecule has 0 spiro atoms. The summed E-state index contributed by atoms with van der Waals surface area (Å²) in [5.41, 5.74) is 0.483. The van der Waals surface area contributed by atoms with E-state index in [1.165, 1.54) is 12.8 Å². The summed E-state index contributed by atoms with van der Waals surface area (Å²) in [4.78, 5) is 23.5. The predicted octanol–water partition coefficient (Wildman–Crippen LogP) is 2.46. The topological polar surface area (TPSA) is 51.7 Å². The first-order valence-electron chi connectivity index (χ1n) is 11.3. The van der Waals surface area contributed by atoms with E-state index in [-0.39, 0.29) is 18.9 Å². The Morgan fingerprint density at radius 2 is 1.93 bits per heavy atom. The van der Waals surface area contributed by atoms with E-state index in [0.717, 1.165) is 64.5 Å². The Hall–Kier alpha value is -1.80. The van der Waals surface area contributed by atoms with Crippen molar-refractivity contribution in [2.24, 2.45) is 5.92 Å². The van der Waals surface area contributed by atoms with Crippen LogP contribution in [-0.2, 0) is 0 Å². The Bertz CT molecular complexity index is 727. The number of anilines is 1. The van der Waals surface area contributed by atoms with Gasteiger partial charge in [0.1, 0.15) is 11.5 Å². The number of aromatic nitrogens is 1. The summed E-state index contributed by atoms with van der Waals surface area (Å²) in [7, 11) is 0. The Labute approximate surface area is 177 Å². The largest absolute Gasteiger partial charge is 0.355 e. The van der Waals surface area contributed by atoms with Gasteiger partial charge in [0.05, 0.1) is 6.54 Å². The summed E-state index contributed by atoms with van der Waals surface area (Å²) in [5.74, 6) is -1.09. The van der Waals surface area contributed by atoms with Crippen LogP contribution in [0.1, 0.15) is 42.6 Å². The lowest BCUT2D eigenvalue weighted by molar-refractivity contribution is 0.0119. The Morgan fingerprint density at radius 1 is 1.10 bits per heavy atom. The molecule has 1 aromatic rings. The molecule has 166 valence electrons. The Morgan fingerprint density at radius 3 is 2.70 bits per heavy atom. The highest BCUT2D eigenvalue weighted by atomic mass is 19.3. The van der Waals surface area contributed by atoms with Crippen molar-refractivity contribution < 1.29 is 13.6 Å². The van der Waals surface area contributed by atoms with Gasteiger partial charge in [-0.1, -0.05) is 6.07 Å². The second-order valence-corrected chi connectivity index (χ2v) is 8.95. The first-order chi connectivity index (χ1) is 14.5. The van der Waals surface area contributed by atoms with Gasteiger partial charge in [-0.15, -0.1) is 0 Å². The molecule has 2 aliphatic heterocycles. The second kappa shape index (κ2) is 9.56. The van der Waals surface area contributed by atoms with Gasteiger partial charge in [0.15, 0.2) is 0 Å². The molecule has 2 saturated heterocycles. The lowest BCUT2D eigenvalue weighted by Crippen LogP contribution is -2.34. The summed E-state index contributed by atoms with van der Waals surface area (Å²) in [6, 6.07) is 5.65. The highest BCUT2D eigenvalue weighted by Crippen LogP contribution is 2.28. The third kappa shape index (κ3) is 6.11. The van der Waals surface area contributed by atoms with Crippen LogP contribution in [0.4, 0.5) is 14.6 Å². The molecular formula is C22H33F2N5O. The lowest BCUT2D eigenvalue weighted by Gasteiger charge is -2.24. The highest BCUT2D eigenvalue weighted by molar-refractivity contribution is 5.92. The van der Waals surface area contributed by atoms with Crippen molar-refractivity contribution >= 4 is 11.7 Å². The highest BCUT2D eigenvalue weighted by Gasteiger charge is 2.37. The Kier molecular flexibility index (Phi) is 6.83. The molecule has 0 atom stereocenters. The SMILES string of the molecule is O=C(NCC1CC1)c1cccc(N2CCCN(CCCN3CCC(F)(F)C3)CC2)n1. The molecule has 30 heavy (non-hydrogen) atoms. The number of pyridine rings is 1. The molecule has 1 aromatic heterocycles. The fraction of sp³-hybridized carbons (Fsp3) is 0.727. The zero-order valence-electron chi connectivity index (χ0n) is 17.7. The second-order valence-electron chi connectivity index (χ2n) is 8.95. The predicted molar refractivity (Wildman–Crippen MR) is 113 cm³/mol. The van der Waals surface area contributed by atoms with Gasteiger partial charge < -0.3 is 15.1 Å². The average Bonchev–Trinajstić information content (AvgIpc) is 3.53. The van der Waals surface area contributed by atoms with Crippen molar-refractivity contribution in [1.29, 1.82) is 0 Å². The summed E-state index contributed by atoms with van der Waals surface area (Å²) >= 11 is 0. The number of amides is 1. The van der Waals surface area contributed by atoms with Gasteiger partial charge in [-0.2, -0.15) is 0 Å². The molecule has 0 bridgehead atoms. The molecule has 0 unspecified atom stereocenters. The molecule has 3 heterocycles. The molecular weight excluding hydrogens is 388 g/mol. The number of likely N-dealkylation sites (tertiary alicyclic amines) is 1. The number of halogens is 2. The minimum absolute atomic E-state index is 0.00363. The third-order valence-corrected chi connectivity index (χ3v) is 6.33. The fourth-order valence-corrected chi connectivity index (χ4v) is 4.31. The van der Waals surface area contributed by atoms with Crippen molar-refractivity contribution in [3.05, 3.63) is 23.9 Å². The third-order valence-electron chi connectivity index (χ3n) is 6.33. The van der Waals surface area contributed by atoms with Gasteiger partial charge in [-0.05, 0) is 63.4 Å². The van der Waals surface area contributed by atoms with E-state index in [1.54, 1.807) is 6.07 Å². The average molecular weight is 422 g/mol. The quantitative estimate of drug-likeness (QED) is 0.699. The standard InChI is InChI=1S/C22H33F2N5O/c23-22(24)8-13-28(17-22)11-2-9-27-10-3-12-29(15-14-27)20-5-1-4-19(26-20)21(30)25-16-18-6-7-18/h1,4-5,18H,2-3,6-17H2,(H,25,30). The molecule has 4 rings (SSSR count). The van der Waals surface area contributed by atoms with E-state index < -0.39 is 5.92 Å². The van der Waals surface area contributed by atoms with Crippen molar-refractivity contribution in [2.75, 3.05) is 63.8 Å². The molecule has 1 N–H and O–H groups in total. The molecule has 8 heteroatoms. The smallest absolute Gasteiger partial charge is 0.269 e. The van der Waals surface area contributed by atoms with Crippen LogP contribution < -0.4 is 10.2 Å². The summed E-state index contributed by atoms with van der Waals surface area (Å²) in [6.07, 6.45) is 4.37. The molecule has 3 fully saturated rings. The zero-order chi connectivity index (χ0) is 21.0. The van der Waals surface area contributed by atoms with E-state index in [9.17, 15) is 13.6 Å². The molecule has 1 aliphatic carbocycles. The maximum Gasteiger partial charge on any atom is 0.269 e. The van der Waals surface area contributed by atoms with E-state index in [4.69, 9.17) is 0 Å². The molecule has 0 aromatic carbocycles. The maximum atomic E-state index is 13.3. The molecule has 6 nitrogen and oxygen atoms in total. The number of hydrogen-bond donors (Lipinski definition) is 1. The van der Waals surface area contributed by atoms with Gasteiger partial charge in [-0.3, -0.25) is 9.69 Å². The van der Waals surface area contributed by atoms with E-state index in [2.05, 4.69) is 20.1 Å². The van der Waals surface area contributed by atoms with Crippen molar-refractivity contribution in [3.63, 3.8) is 0 Å². The minimum atomic E-state index is -2.50. The monoisotopic (exact) mass is 421 g/mol. The first kappa shape index (κ1) is 21.4. The van der Waals surface area contributed by atoms with Crippen LogP contribution in [-0.4, -0.2) is 85.5 Å². The van der Waals surface area contributed by atoms with Crippen LogP contribution >= 0.6 is 0 Å². The van der Waals surface area contributed by atoms with Crippen LogP contribution in [0.3, 0.4) is 0 Å². The Balaban J connectivity index is 1.22. The number of alkyl halides is 2. The number of carbonyl (C=O) groups is 1. The van der Waals surface area contributed by atoms with Crippen LogP contribution in [0.25, 0.3) is 0 Å². The van der Waals surface area contributed by atoms with Gasteiger partial charge in [0.2, 0.25) is 0 Å². The van der Waals surface area contributed by atoms with E-state index in [1.807, 2.05) is 17.0 Å². The fourth-order valence-electron chi connectivity index (χ4n) is 4.31. The zero-order valence-corrected chi connectivity index (χ0v) is 17.7. The van der Waals surface area contributed by atoms with Gasteiger partial charge >= 0.3 is 0 Å². The van der Waals surface area contributed by atoms with Crippen LogP contribution in [0.5, 0.6) is 0 Å². The number of rotatable bonds is 8. The van der Waals surface area contributed by atoms with Crippen LogP contribution in [0.15, 0.2) is 18.2 Å². The van der Waals surface area contributed by atoms with Gasteiger partial charge in [-0.25, -0.2) is 13.8 Å². The number of hydrogen-bond acceptors (Lipinski definition) is 5. The number of nitrogens with one attached hydrogen (secondary N) is 1. The summed E-state index contributed by atoms with van der Waals surface area (Å²) < 4.78 is 26.6. The van der Waals surface area contributed by atoms with E-state index in [0.29, 0.717) is 18.2 Å². The summed E-state index contributed by atoms with van der Waals surface area (Å²) in [5, 5.41) is 2.98. The van der Waals surface area contributed by atoms with E-state index >= 15 is 0 Å². The van der Waals surface area contributed by atoms with Crippen LogP contribution in [0.2, 0.25) is 0 Å². The molecule has 3 aliphatic rings. The lowest BCUT2D eigenvalue weighted by atomic mass is 10.3. The van der Waals surface area contributed by atoms with Crippen LogP contribution in [0, 0.1) is 5.92 Å². The first-order valence-corrected chi connectivity index (χ1v) is 11.3. The normalized spacial score (nSPS) is 22.8. The maximum absolute atomic E-state index is 13.3. The molecule has 0 radical (unpaired) electrons.